The van der Waals surface area contributed by atoms with Crippen LogP contribution in [0.5, 0.6) is 0 Å². The molecule has 0 aliphatic rings. The van der Waals surface area contributed by atoms with Crippen molar-refractivity contribution in [3.8, 4) is 0 Å². The van der Waals surface area contributed by atoms with Crippen LogP contribution in [0.15, 0.2) is 36.4 Å². The van der Waals surface area contributed by atoms with Gasteiger partial charge in [-0.05, 0) is 75.1 Å². The standard InChI is InChI=1S/C37H54O6.C2H6/c1-24(38)41-21-37(14,22-42-31(39)25-15-27(33(2,3)4)19-28(16-25)34(5,6)7)23-43-32(40)26-17-29(35(8,9)10)20-30(18-26)36(11,12)13;1-2/h15-20H,21-23H2,1-14H3;1-2H3. The zero-order chi connectivity index (χ0) is 35.2. The van der Waals surface area contributed by atoms with Crippen LogP contribution in [0.4, 0.5) is 0 Å². The maximum absolute atomic E-state index is 13.4. The van der Waals surface area contributed by atoms with Crippen LogP contribution in [0.2, 0.25) is 0 Å². The van der Waals surface area contributed by atoms with Crippen LogP contribution < -0.4 is 0 Å². The number of hydrogen-bond acceptors (Lipinski definition) is 6. The summed E-state index contributed by atoms with van der Waals surface area (Å²) in [6, 6.07) is 11.8. The summed E-state index contributed by atoms with van der Waals surface area (Å²) in [7, 11) is 0. The summed E-state index contributed by atoms with van der Waals surface area (Å²) in [6.07, 6.45) is 0. The van der Waals surface area contributed by atoms with Crippen molar-refractivity contribution >= 4 is 17.9 Å². The molecule has 2 aromatic rings. The number of hydrogen-bond donors (Lipinski definition) is 0. The Morgan fingerprint density at radius 3 is 0.933 bits per heavy atom. The molecule has 6 heteroatoms. The Morgan fingerprint density at radius 2 is 0.711 bits per heavy atom. The van der Waals surface area contributed by atoms with Crippen molar-refractivity contribution in [2.24, 2.45) is 5.41 Å². The molecule has 45 heavy (non-hydrogen) atoms. The normalized spacial score (nSPS) is 12.5. The van der Waals surface area contributed by atoms with Gasteiger partial charge in [0.2, 0.25) is 0 Å². The van der Waals surface area contributed by atoms with Crippen LogP contribution in [0.1, 0.15) is 154 Å². The third kappa shape index (κ3) is 12.3. The molecule has 0 saturated carbocycles. The highest BCUT2D eigenvalue weighted by Crippen LogP contribution is 2.32. The van der Waals surface area contributed by atoms with Crippen molar-refractivity contribution in [2.45, 2.75) is 132 Å². The average molecular weight is 625 g/mol. The molecule has 0 aliphatic carbocycles. The Hall–Kier alpha value is -3.15. The van der Waals surface area contributed by atoms with Crippen LogP contribution in [-0.4, -0.2) is 37.7 Å². The summed E-state index contributed by atoms with van der Waals surface area (Å²) in [4.78, 5) is 38.4. The average Bonchev–Trinajstić information content (AvgIpc) is 2.92. The fourth-order valence-electron chi connectivity index (χ4n) is 4.27. The molecular weight excluding hydrogens is 564 g/mol. The summed E-state index contributed by atoms with van der Waals surface area (Å²) in [6.45, 7) is 32.1. The van der Waals surface area contributed by atoms with E-state index < -0.39 is 23.3 Å². The van der Waals surface area contributed by atoms with Crippen molar-refractivity contribution < 1.29 is 28.6 Å². The maximum atomic E-state index is 13.4. The molecule has 6 nitrogen and oxygen atoms in total. The van der Waals surface area contributed by atoms with Gasteiger partial charge in [-0.1, -0.05) is 109 Å². The van der Waals surface area contributed by atoms with E-state index in [2.05, 4.69) is 95.2 Å². The molecule has 252 valence electrons. The van der Waals surface area contributed by atoms with Gasteiger partial charge >= 0.3 is 17.9 Å². The minimum Gasteiger partial charge on any atom is -0.465 e. The number of benzene rings is 2. The van der Waals surface area contributed by atoms with Gasteiger partial charge in [0, 0.05) is 6.92 Å². The van der Waals surface area contributed by atoms with Gasteiger partial charge in [-0.2, -0.15) is 0 Å². The first-order chi connectivity index (χ1) is 20.3. The molecule has 0 amide bonds. The third-order valence-electron chi connectivity index (χ3n) is 7.53. The van der Waals surface area contributed by atoms with E-state index in [0.29, 0.717) is 11.1 Å². The minimum atomic E-state index is -0.958. The lowest BCUT2D eigenvalue weighted by Gasteiger charge is -2.29. The van der Waals surface area contributed by atoms with Crippen molar-refractivity contribution in [2.75, 3.05) is 19.8 Å². The van der Waals surface area contributed by atoms with Crippen LogP contribution in [0.3, 0.4) is 0 Å². The monoisotopic (exact) mass is 624 g/mol. The van der Waals surface area contributed by atoms with Gasteiger partial charge in [0.1, 0.15) is 19.8 Å². The molecule has 0 unspecified atom stereocenters. The van der Waals surface area contributed by atoms with Crippen molar-refractivity contribution in [1.82, 2.24) is 0 Å². The van der Waals surface area contributed by atoms with Crippen LogP contribution >= 0.6 is 0 Å². The van der Waals surface area contributed by atoms with Gasteiger partial charge in [-0.3, -0.25) is 4.79 Å². The Kier molecular flexibility index (Phi) is 13.3. The van der Waals surface area contributed by atoms with E-state index >= 15 is 0 Å². The van der Waals surface area contributed by atoms with E-state index in [1.807, 2.05) is 38.1 Å². The summed E-state index contributed by atoms with van der Waals surface area (Å²) in [5.74, 6) is -1.43. The number of ether oxygens (including phenoxy) is 3. The molecule has 0 aromatic heterocycles. The summed E-state index contributed by atoms with van der Waals surface area (Å²) in [5, 5.41) is 0. The number of carbonyl (C=O) groups excluding carboxylic acids is 3. The fourth-order valence-corrected chi connectivity index (χ4v) is 4.27. The SMILES string of the molecule is CC.CC(=O)OCC(C)(COC(=O)c1cc(C(C)(C)C)cc(C(C)(C)C)c1)COC(=O)c1cc(C(C)(C)C)cc(C(C)(C)C)c1. The van der Waals surface area contributed by atoms with Crippen LogP contribution in [-0.2, 0) is 40.7 Å². The smallest absolute Gasteiger partial charge is 0.338 e. The highest BCUT2D eigenvalue weighted by molar-refractivity contribution is 5.90. The topological polar surface area (TPSA) is 78.9 Å². The largest absolute Gasteiger partial charge is 0.465 e. The second kappa shape index (κ2) is 15.0. The molecule has 2 rings (SSSR count). The second-order valence-electron chi connectivity index (χ2n) is 16.3. The molecule has 0 bridgehead atoms. The Morgan fingerprint density at radius 1 is 0.467 bits per heavy atom. The lowest BCUT2D eigenvalue weighted by molar-refractivity contribution is -0.146. The van der Waals surface area contributed by atoms with Gasteiger partial charge in [-0.25, -0.2) is 9.59 Å². The highest BCUT2D eigenvalue weighted by Gasteiger charge is 2.32. The quantitative estimate of drug-likeness (QED) is 0.215. The van der Waals surface area contributed by atoms with Gasteiger partial charge in [-0.15, -0.1) is 0 Å². The van der Waals surface area contributed by atoms with E-state index in [9.17, 15) is 14.4 Å². The summed E-state index contributed by atoms with van der Waals surface area (Å²) >= 11 is 0. The molecule has 0 aliphatic heterocycles. The third-order valence-corrected chi connectivity index (χ3v) is 7.53. The van der Waals surface area contributed by atoms with Gasteiger partial charge in [0.05, 0.1) is 16.5 Å². The molecule has 0 N–H and O–H groups in total. The maximum Gasteiger partial charge on any atom is 0.338 e. The Labute approximate surface area is 273 Å². The van der Waals surface area contributed by atoms with E-state index in [1.54, 1.807) is 6.92 Å². The molecule has 0 saturated heterocycles. The van der Waals surface area contributed by atoms with Crippen LogP contribution in [0, 0.1) is 5.41 Å². The Balaban J connectivity index is 0.00000496. The second-order valence-corrected chi connectivity index (χ2v) is 16.3. The minimum absolute atomic E-state index is 0.0760. The molecule has 0 spiro atoms. The lowest BCUT2D eigenvalue weighted by Crippen LogP contribution is -2.36. The fraction of sp³-hybridized carbons (Fsp3) is 0.615. The molecule has 2 aromatic carbocycles. The molecule has 0 heterocycles. The predicted octanol–water partition coefficient (Wildman–Crippen LogP) is 9.49. The van der Waals surface area contributed by atoms with Gasteiger partial charge in [0.15, 0.2) is 0 Å². The number of esters is 3. The van der Waals surface area contributed by atoms with E-state index in [4.69, 9.17) is 14.2 Å². The first-order valence-corrected chi connectivity index (χ1v) is 16.1. The number of carbonyl (C=O) groups is 3. The summed E-state index contributed by atoms with van der Waals surface area (Å²) < 4.78 is 16.9. The zero-order valence-corrected chi connectivity index (χ0v) is 31.0. The molecule has 0 fully saturated rings. The first-order valence-electron chi connectivity index (χ1n) is 16.1. The first kappa shape index (κ1) is 39.9. The summed E-state index contributed by atoms with van der Waals surface area (Å²) in [5.41, 5.74) is 3.46. The van der Waals surface area contributed by atoms with Crippen molar-refractivity contribution in [3.63, 3.8) is 0 Å². The lowest BCUT2D eigenvalue weighted by atomic mass is 9.79. The van der Waals surface area contributed by atoms with Crippen molar-refractivity contribution in [1.29, 1.82) is 0 Å². The van der Waals surface area contributed by atoms with Gasteiger partial charge < -0.3 is 14.2 Å². The Bertz CT molecular complexity index is 1170. The van der Waals surface area contributed by atoms with Gasteiger partial charge in [0.25, 0.3) is 0 Å². The van der Waals surface area contributed by atoms with E-state index in [0.717, 1.165) is 22.3 Å². The predicted molar refractivity (Wildman–Crippen MR) is 184 cm³/mol. The van der Waals surface area contributed by atoms with E-state index in [1.165, 1.54) is 6.92 Å². The molecule has 0 radical (unpaired) electrons. The molecular formula is C39H60O6. The number of rotatable bonds is 8. The molecule has 0 atom stereocenters. The van der Waals surface area contributed by atoms with Crippen molar-refractivity contribution in [3.05, 3.63) is 69.8 Å². The van der Waals surface area contributed by atoms with E-state index in [-0.39, 0.29) is 41.5 Å². The zero-order valence-electron chi connectivity index (χ0n) is 31.0. The van der Waals surface area contributed by atoms with Crippen LogP contribution in [0.25, 0.3) is 0 Å². The highest BCUT2D eigenvalue weighted by atomic mass is 16.6.